The summed E-state index contributed by atoms with van der Waals surface area (Å²) < 4.78 is 27.4. The molecule has 0 aromatic heterocycles. The van der Waals surface area contributed by atoms with E-state index in [1.807, 2.05) is 44.0 Å². The molecule has 1 N–H and O–H groups in total. The van der Waals surface area contributed by atoms with Crippen LogP contribution in [0.25, 0.3) is 0 Å². The zero-order valence-electron chi connectivity index (χ0n) is 15.8. The van der Waals surface area contributed by atoms with E-state index in [-0.39, 0.29) is 12.5 Å². The number of amides is 1. The Labute approximate surface area is 160 Å². The predicted octanol–water partition coefficient (Wildman–Crippen LogP) is 2.42. The van der Waals surface area contributed by atoms with E-state index in [1.54, 1.807) is 36.4 Å². The highest BCUT2D eigenvalue weighted by Crippen LogP contribution is 2.25. The number of nitrogens with zero attached hydrogens (tertiary/aromatic N) is 2. The van der Waals surface area contributed by atoms with Crippen LogP contribution in [0.1, 0.15) is 29.8 Å². The van der Waals surface area contributed by atoms with E-state index in [2.05, 4.69) is 5.43 Å². The first kappa shape index (κ1) is 19.5. The molecule has 1 saturated heterocycles. The largest absolute Gasteiger partial charge is 0.284 e. The van der Waals surface area contributed by atoms with E-state index < -0.39 is 15.6 Å². The Bertz CT molecular complexity index is 909. The molecule has 0 spiro atoms. The lowest BCUT2D eigenvalue weighted by Crippen LogP contribution is -2.65. The number of sulfonamides is 1. The summed E-state index contributed by atoms with van der Waals surface area (Å²) in [7, 11) is -3.56. The van der Waals surface area contributed by atoms with Crippen molar-refractivity contribution in [3.8, 4) is 0 Å². The summed E-state index contributed by atoms with van der Waals surface area (Å²) in [4.78, 5) is 12.7. The Morgan fingerprint density at radius 2 is 1.63 bits per heavy atom. The van der Waals surface area contributed by atoms with Gasteiger partial charge in [-0.3, -0.25) is 10.2 Å². The van der Waals surface area contributed by atoms with Crippen LogP contribution in [0.5, 0.6) is 0 Å². The van der Waals surface area contributed by atoms with Crippen LogP contribution in [0.3, 0.4) is 0 Å². The molecule has 27 heavy (non-hydrogen) atoms. The monoisotopic (exact) mass is 387 g/mol. The van der Waals surface area contributed by atoms with Crippen molar-refractivity contribution in [3.05, 3.63) is 65.7 Å². The molecule has 0 bridgehead atoms. The average molecular weight is 388 g/mol. The number of piperazine rings is 1. The van der Waals surface area contributed by atoms with Gasteiger partial charge in [0, 0.05) is 30.7 Å². The molecule has 0 unspecified atom stereocenters. The van der Waals surface area contributed by atoms with Crippen molar-refractivity contribution >= 4 is 15.9 Å². The zero-order chi connectivity index (χ0) is 19.7. The van der Waals surface area contributed by atoms with E-state index in [0.717, 1.165) is 5.56 Å². The smallest absolute Gasteiger partial charge is 0.265 e. The van der Waals surface area contributed by atoms with Crippen molar-refractivity contribution in [1.82, 2.24) is 14.7 Å². The first-order valence-electron chi connectivity index (χ1n) is 8.91. The standard InChI is InChI=1S/C20H25N3O3S/c1-16-9-11-18(12-10-16)27(25,26)22-13-14-23(20(2,3)15-22)21-19(24)17-7-5-4-6-8-17/h4-12H,13-15H2,1-3H3,(H,21,24). The Hall–Kier alpha value is -2.22. The van der Waals surface area contributed by atoms with Crippen LogP contribution in [0.4, 0.5) is 0 Å². The molecule has 0 atom stereocenters. The van der Waals surface area contributed by atoms with Crippen LogP contribution in [0.15, 0.2) is 59.5 Å². The van der Waals surface area contributed by atoms with Gasteiger partial charge in [-0.2, -0.15) is 4.31 Å². The van der Waals surface area contributed by atoms with E-state index in [4.69, 9.17) is 0 Å². The Kier molecular flexibility index (Phi) is 5.37. The minimum absolute atomic E-state index is 0.196. The zero-order valence-corrected chi connectivity index (χ0v) is 16.7. The lowest BCUT2D eigenvalue weighted by molar-refractivity contribution is 0.00950. The summed E-state index contributed by atoms with van der Waals surface area (Å²) in [5.41, 5.74) is 3.96. The van der Waals surface area contributed by atoms with Crippen molar-refractivity contribution in [1.29, 1.82) is 0 Å². The summed E-state index contributed by atoms with van der Waals surface area (Å²) in [6, 6.07) is 15.9. The molecule has 2 aromatic carbocycles. The number of hydrazine groups is 1. The van der Waals surface area contributed by atoms with Gasteiger partial charge in [0.1, 0.15) is 0 Å². The molecule has 144 valence electrons. The lowest BCUT2D eigenvalue weighted by atomic mass is 10.0. The number of hydrogen-bond acceptors (Lipinski definition) is 4. The molecule has 1 heterocycles. The summed E-state index contributed by atoms with van der Waals surface area (Å²) in [5, 5.41) is 1.82. The van der Waals surface area contributed by atoms with E-state index in [9.17, 15) is 13.2 Å². The van der Waals surface area contributed by atoms with Gasteiger partial charge in [0.05, 0.1) is 4.90 Å². The SMILES string of the molecule is Cc1ccc(S(=O)(=O)N2CCN(NC(=O)c3ccccc3)C(C)(C)C2)cc1. The molecule has 1 aliphatic heterocycles. The molecule has 6 nitrogen and oxygen atoms in total. The molecule has 1 aliphatic rings. The third-order valence-corrected chi connectivity index (χ3v) is 6.66. The van der Waals surface area contributed by atoms with E-state index in [0.29, 0.717) is 23.5 Å². The molecule has 2 aromatic rings. The average Bonchev–Trinajstić information content (AvgIpc) is 2.64. The van der Waals surface area contributed by atoms with Gasteiger partial charge < -0.3 is 0 Å². The maximum absolute atomic E-state index is 13.0. The van der Waals surface area contributed by atoms with Crippen LogP contribution in [-0.2, 0) is 10.0 Å². The normalized spacial score (nSPS) is 18.2. The van der Waals surface area contributed by atoms with Gasteiger partial charge in [-0.1, -0.05) is 35.9 Å². The third kappa shape index (κ3) is 4.21. The fourth-order valence-electron chi connectivity index (χ4n) is 3.16. The first-order chi connectivity index (χ1) is 12.7. The Morgan fingerprint density at radius 3 is 2.22 bits per heavy atom. The summed E-state index contributed by atoms with van der Waals surface area (Å²) in [6.07, 6.45) is 0. The number of benzene rings is 2. The maximum Gasteiger partial charge on any atom is 0.265 e. The van der Waals surface area contributed by atoms with Crippen LogP contribution >= 0.6 is 0 Å². The highest BCUT2D eigenvalue weighted by Gasteiger charge is 2.39. The second kappa shape index (κ2) is 7.42. The minimum atomic E-state index is -3.56. The maximum atomic E-state index is 13.0. The topological polar surface area (TPSA) is 69.7 Å². The van der Waals surface area contributed by atoms with Crippen molar-refractivity contribution in [2.45, 2.75) is 31.2 Å². The van der Waals surface area contributed by atoms with Crippen LogP contribution < -0.4 is 5.43 Å². The predicted molar refractivity (Wildman–Crippen MR) is 105 cm³/mol. The molecular weight excluding hydrogens is 362 g/mol. The highest BCUT2D eigenvalue weighted by atomic mass is 32.2. The molecule has 1 fully saturated rings. The number of aryl methyl sites for hydroxylation is 1. The third-order valence-electron chi connectivity index (χ3n) is 4.80. The van der Waals surface area contributed by atoms with Gasteiger partial charge in [0.2, 0.25) is 10.0 Å². The van der Waals surface area contributed by atoms with Gasteiger partial charge in [-0.05, 0) is 45.0 Å². The summed E-state index contributed by atoms with van der Waals surface area (Å²) in [5.74, 6) is -0.196. The molecule has 0 radical (unpaired) electrons. The van der Waals surface area contributed by atoms with Crippen molar-refractivity contribution in [3.63, 3.8) is 0 Å². The number of hydrogen-bond donors (Lipinski definition) is 1. The van der Waals surface area contributed by atoms with Gasteiger partial charge in [0.15, 0.2) is 0 Å². The van der Waals surface area contributed by atoms with Crippen LogP contribution in [-0.4, -0.2) is 48.8 Å². The second-order valence-corrected chi connectivity index (χ2v) is 9.36. The minimum Gasteiger partial charge on any atom is -0.284 e. The van der Waals surface area contributed by atoms with E-state index >= 15 is 0 Å². The number of carbonyl (C=O) groups excluding carboxylic acids is 1. The van der Waals surface area contributed by atoms with Crippen molar-refractivity contribution in [2.24, 2.45) is 0 Å². The van der Waals surface area contributed by atoms with Crippen molar-refractivity contribution < 1.29 is 13.2 Å². The van der Waals surface area contributed by atoms with Gasteiger partial charge in [-0.25, -0.2) is 13.4 Å². The molecule has 1 amide bonds. The first-order valence-corrected chi connectivity index (χ1v) is 10.3. The molecule has 7 heteroatoms. The molecule has 3 rings (SSSR count). The Balaban J connectivity index is 1.73. The van der Waals surface area contributed by atoms with Gasteiger partial charge in [-0.15, -0.1) is 0 Å². The quantitative estimate of drug-likeness (QED) is 0.875. The van der Waals surface area contributed by atoms with E-state index in [1.165, 1.54) is 4.31 Å². The second-order valence-electron chi connectivity index (χ2n) is 7.42. The number of rotatable bonds is 4. The Morgan fingerprint density at radius 1 is 1.00 bits per heavy atom. The molecule has 0 aliphatic carbocycles. The van der Waals surface area contributed by atoms with Crippen molar-refractivity contribution in [2.75, 3.05) is 19.6 Å². The van der Waals surface area contributed by atoms with Gasteiger partial charge >= 0.3 is 0 Å². The van der Waals surface area contributed by atoms with Crippen LogP contribution in [0.2, 0.25) is 0 Å². The summed E-state index contributed by atoms with van der Waals surface area (Å²) in [6.45, 7) is 6.79. The summed E-state index contributed by atoms with van der Waals surface area (Å²) >= 11 is 0. The lowest BCUT2D eigenvalue weighted by Gasteiger charge is -2.46. The number of carbonyl (C=O) groups is 1. The fraction of sp³-hybridized carbons (Fsp3) is 0.350. The highest BCUT2D eigenvalue weighted by molar-refractivity contribution is 7.89. The van der Waals surface area contributed by atoms with Gasteiger partial charge in [0.25, 0.3) is 5.91 Å². The molecule has 0 saturated carbocycles. The molecular formula is C20H25N3O3S. The number of nitrogens with one attached hydrogen (secondary N) is 1. The van der Waals surface area contributed by atoms with Crippen LogP contribution in [0, 0.1) is 6.92 Å². The fourth-order valence-corrected chi connectivity index (χ4v) is 4.74.